The Hall–Kier alpha value is -5.08. The monoisotopic (exact) mass is 615 g/mol. The Bertz CT molecular complexity index is 2450. The first-order valence-corrected chi connectivity index (χ1v) is 16.2. The van der Waals surface area contributed by atoms with Crippen LogP contribution in [0.3, 0.4) is 0 Å². The molecular weight excluding hydrogens is 589 g/mol. The molecule has 0 atom stereocenters. The maximum absolute atomic E-state index is 6.25. The van der Waals surface area contributed by atoms with Gasteiger partial charge in [-0.3, -0.25) is 0 Å². The summed E-state index contributed by atoms with van der Waals surface area (Å²) in [7, 11) is 0. The molecular formula is C40H25NOSe. The van der Waals surface area contributed by atoms with E-state index in [1.165, 1.54) is 41.2 Å². The second kappa shape index (κ2) is 9.74. The van der Waals surface area contributed by atoms with E-state index in [9.17, 15) is 0 Å². The quantitative estimate of drug-likeness (QED) is 0.183. The van der Waals surface area contributed by atoms with E-state index in [2.05, 4.69) is 144 Å². The van der Waals surface area contributed by atoms with Gasteiger partial charge in [-0.25, -0.2) is 0 Å². The molecule has 7 aromatic carbocycles. The average molecular weight is 615 g/mol. The summed E-state index contributed by atoms with van der Waals surface area (Å²) in [5.41, 5.74) is 7.54. The van der Waals surface area contributed by atoms with Crippen molar-refractivity contribution in [2.75, 3.05) is 4.90 Å². The Morgan fingerprint density at radius 2 is 1.09 bits per heavy atom. The Morgan fingerprint density at radius 1 is 0.419 bits per heavy atom. The van der Waals surface area contributed by atoms with E-state index in [0.717, 1.165) is 39.0 Å². The molecule has 0 bridgehead atoms. The van der Waals surface area contributed by atoms with Gasteiger partial charge in [-0.1, -0.05) is 24.3 Å². The third-order valence-electron chi connectivity index (χ3n) is 8.46. The Kier molecular flexibility index (Phi) is 5.55. The van der Waals surface area contributed by atoms with E-state index in [1.54, 1.807) is 0 Å². The summed E-state index contributed by atoms with van der Waals surface area (Å²) in [6.45, 7) is 0. The zero-order chi connectivity index (χ0) is 28.3. The first-order valence-electron chi connectivity index (χ1n) is 14.5. The second-order valence-electron chi connectivity index (χ2n) is 11.0. The molecule has 0 unspecified atom stereocenters. The van der Waals surface area contributed by atoms with Crippen molar-refractivity contribution in [1.82, 2.24) is 0 Å². The minimum absolute atomic E-state index is 0.324. The van der Waals surface area contributed by atoms with Crippen molar-refractivity contribution in [3.05, 3.63) is 152 Å². The molecule has 0 N–H and O–H groups in total. The summed E-state index contributed by atoms with van der Waals surface area (Å²) in [6.07, 6.45) is 0. The molecule has 3 heteroatoms. The van der Waals surface area contributed by atoms with Gasteiger partial charge in [0.25, 0.3) is 0 Å². The molecule has 9 aromatic rings. The van der Waals surface area contributed by atoms with E-state index in [4.69, 9.17) is 4.42 Å². The Morgan fingerprint density at radius 3 is 1.98 bits per heavy atom. The molecule has 0 spiro atoms. The molecule has 0 aliphatic carbocycles. The van der Waals surface area contributed by atoms with Gasteiger partial charge in [0.2, 0.25) is 0 Å². The van der Waals surface area contributed by atoms with Crippen molar-refractivity contribution in [3.63, 3.8) is 0 Å². The van der Waals surface area contributed by atoms with Crippen LogP contribution in [0.15, 0.2) is 156 Å². The summed E-state index contributed by atoms with van der Waals surface area (Å²) in [5.74, 6) is 0. The van der Waals surface area contributed by atoms with Crippen LogP contribution in [-0.2, 0) is 0 Å². The van der Waals surface area contributed by atoms with Gasteiger partial charge in [0.05, 0.1) is 0 Å². The summed E-state index contributed by atoms with van der Waals surface area (Å²) < 4.78 is 9.23. The first-order chi connectivity index (χ1) is 21.3. The molecule has 0 aliphatic heterocycles. The fourth-order valence-electron chi connectivity index (χ4n) is 6.36. The normalized spacial score (nSPS) is 11.7. The molecule has 0 aliphatic rings. The molecule has 2 heterocycles. The number of rotatable bonds is 4. The number of furan rings is 1. The minimum atomic E-state index is 0.324. The van der Waals surface area contributed by atoms with Crippen LogP contribution in [0.5, 0.6) is 0 Å². The molecule has 0 amide bonds. The predicted octanol–water partition coefficient (Wildman–Crippen LogP) is 11.2. The van der Waals surface area contributed by atoms with Crippen LogP contribution in [0.2, 0.25) is 0 Å². The number of hydrogen-bond donors (Lipinski definition) is 0. The van der Waals surface area contributed by atoms with Gasteiger partial charge in [0, 0.05) is 10.8 Å². The number of anilines is 3. The number of nitrogens with zero attached hydrogens (tertiary/aromatic N) is 1. The summed E-state index contributed by atoms with van der Waals surface area (Å²) in [6, 6.07) is 54.6. The Balaban J connectivity index is 1.13. The van der Waals surface area contributed by atoms with Gasteiger partial charge in [-0.05, 0) is 6.07 Å². The van der Waals surface area contributed by atoms with Crippen LogP contribution >= 0.6 is 0 Å². The zero-order valence-electron chi connectivity index (χ0n) is 23.2. The first kappa shape index (κ1) is 24.5. The van der Waals surface area contributed by atoms with Crippen molar-refractivity contribution in [2.24, 2.45) is 0 Å². The van der Waals surface area contributed by atoms with E-state index < -0.39 is 0 Å². The number of hydrogen-bond acceptors (Lipinski definition) is 2. The van der Waals surface area contributed by atoms with Gasteiger partial charge in [0.15, 0.2) is 0 Å². The molecule has 2 nitrogen and oxygen atoms in total. The third kappa shape index (κ3) is 4.01. The van der Waals surface area contributed by atoms with Gasteiger partial charge in [-0.2, -0.15) is 0 Å². The SMILES string of the molecule is c1ccc(N(c2ccc(-c3ccc4[se]c5c6ccccc6ccc5c4c3)cc2)c2ccc3c(c2)oc2ccccc23)cc1. The number of fused-ring (bicyclic) bond motifs is 8. The zero-order valence-corrected chi connectivity index (χ0v) is 24.9. The molecule has 202 valence electrons. The van der Waals surface area contributed by atoms with Crippen LogP contribution in [0.4, 0.5) is 17.1 Å². The standard InChI is InChI=1S/C40H25NOSe/c1-2-9-29(10-3-1)41(31-20-22-34-33-12-6-7-13-37(33)42-38(34)25-31)30-18-14-26(15-19-30)28-17-23-39-36(24-28)35-21-16-27-8-4-5-11-32(27)40(35)43-39/h1-25H. The summed E-state index contributed by atoms with van der Waals surface area (Å²) in [4.78, 5) is 2.29. The fraction of sp³-hybridized carbons (Fsp3) is 0. The van der Waals surface area contributed by atoms with Gasteiger partial charge < -0.3 is 4.42 Å². The molecule has 0 fully saturated rings. The average Bonchev–Trinajstić information content (AvgIpc) is 3.63. The summed E-state index contributed by atoms with van der Waals surface area (Å²) >= 11 is 0.324. The third-order valence-corrected chi connectivity index (χ3v) is 11.0. The van der Waals surface area contributed by atoms with Crippen LogP contribution in [0.25, 0.3) is 63.1 Å². The number of para-hydroxylation sites is 2. The van der Waals surface area contributed by atoms with Crippen LogP contribution in [-0.4, -0.2) is 14.5 Å². The maximum atomic E-state index is 6.25. The van der Waals surface area contributed by atoms with Crippen molar-refractivity contribution >= 4 is 83.6 Å². The van der Waals surface area contributed by atoms with Gasteiger partial charge in [-0.15, -0.1) is 0 Å². The fourth-order valence-corrected chi connectivity index (χ4v) is 8.92. The van der Waals surface area contributed by atoms with Crippen molar-refractivity contribution in [3.8, 4) is 11.1 Å². The molecule has 0 saturated heterocycles. The van der Waals surface area contributed by atoms with Crippen molar-refractivity contribution in [2.45, 2.75) is 0 Å². The molecule has 0 radical (unpaired) electrons. The second-order valence-corrected chi connectivity index (χ2v) is 13.2. The van der Waals surface area contributed by atoms with Crippen LogP contribution in [0, 0.1) is 0 Å². The summed E-state index contributed by atoms with van der Waals surface area (Å²) in [5, 5.41) is 7.77. The van der Waals surface area contributed by atoms with E-state index in [1.807, 2.05) is 12.1 Å². The topological polar surface area (TPSA) is 16.4 Å². The van der Waals surface area contributed by atoms with Crippen LogP contribution in [0.1, 0.15) is 0 Å². The Labute approximate surface area is 254 Å². The van der Waals surface area contributed by atoms with Gasteiger partial charge in [0.1, 0.15) is 5.58 Å². The van der Waals surface area contributed by atoms with E-state index in [-0.39, 0.29) is 0 Å². The van der Waals surface area contributed by atoms with Gasteiger partial charge >= 0.3 is 205 Å². The van der Waals surface area contributed by atoms with Crippen molar-refractivity contribution < 1.29 is 4.42 Å². The molecule has 2 aromatic heterocycles. The molecule has 43 heavy (non-hydrogen) atoms. The predicted molar refractivity (Wildman–Crippen MR) is 183 cm³/mol. The molecule has 9 rings (SSSR count). The van der Waals surface area contributed by atoms with Crippen LogP contribution < -0.4 is 4.90 Å². The molecule has 0 saturated carbocycles. The van der Waals surface area contributed by atoms with Crippen molar-refractivity contribution in [1.29, 1.82) is 0 Å². The van der Waals surface area contributed by atoms with E-state index >= 15 is 0 Å². The number of benzene rings is 7. The van der Waals surface area contributed by atoms with E-state index in [0.29, 0.717) is 14.5 Å².